The van der Waals surface area contributed by atoms with E-state index in [2.05, 4.69) is 0 Å². The minimum atomic E-state index is -0.969. The molecule has 0 radical (unpaired) electrons. The van der Waals surface area contributed by atoms with Crippen molar-refractivity contribution in [1.29, 1.82) is 0 Å². The van der Waals surface area contributed by atoms with Crippen molar-refractivity contribution in [3.63, 3.8) is 0 Å². The van der Waals surface area contributed by atoms with Gasteiger partial charge in [0.1, 0.15) is 6.04 Å². The van der Waals surface area contributed by atoms with Crippen LogP contribution in [0.3, 0.4) is 0 Å². The molecule has 1 N–H and O–H groups in total. The van der Waals surface area contributed by atoms with Crippen LogP contribution in [0.25, 0.3) is 0 Å². The van der Waals surface area contributed by atoms with Crippen LogP contribution in [-0.4, -0.2) is 69.5 Å². The summed E-state index contributed by atoms with van der Waals surface area (Å²) in [5, 5.41) is 10.7. The van der Waals surface area contributed by atoms with Crippen molar-refractivity contribution in [2.75, 3.05) is 29.5 Å². The Labute approximate surface area is 249 Å². The third-order valence-corrected chi connectivity index (χ3v) is 10.7. The number of hydrogen-bond donors (Lipinski definition) is 1. The summed E-state index contributed by atoms with van der Waals surface area (Å²) < 4.78 is -0.969. The molecule has 214 valence electrons. The predicted molar refractivity (Wildman–Crippen MR) is 163 cm³/mol. The molecular weight excluding hydrogens is 558 g/mol. The third-order valence-electron chi connectivity index (χ3n) is 8.66. The van der Waals surface area contributed by atoms with E-state index < -0.39 is 28.7 Å². The first kappa shape index (κ1) is 28.1. The molecule has 7 nitrogen and oxygen atoms in total. The Morgan fingerprint density at radius 3 is 2.37 bits per heavy atom. The number of halogens is 1. The van der Waals surface area contributed by atoms with Gasteiger partial charge in [0.25, 0.3) is 5.91 Å². The number of aliphatic hydroxyl groups is 1. The average molecular weight is 592 g/mol. The van der Waals surface area contributed by atoms with Gasteiger partial charge in [0.15, 0.2) is 0 Å². The van der Waals surface area contributed by atoms with E-state index in [0.717, 1.165) is 5.69 Å². The molecule has 1 unspecified atom stereocenters. The lowest BCUT2D eigenvalue weighted by molar-refractivity contribution is -0.142. The molecule has 0 saturated carbocycles. The fourth-order valence-corrected chi connectivity index (χ4v) is 9.25. The first-order chi connectivity index (χ1) is 19.8. The van der Waals surface area contributed by atoms with Gasteiger partial charge in [-0.2, -0.15) is 0 Å². The van der Waals surface area contributed by atoms with Gasteiger partial charge in [-0.3, -0.25) is 14.4 Å². The molecule has 41 heavy (non-hydrogen) atoms. The Kier molecular flexibility index (Phi) is 7.51. The maximum absolute atomic E-state index is 14.6. The first-order valence-corrected chi connectivity index (χ1v) is 15.4. The number of nitrogens with zero attached hydrogens (tertiary/aromatic N) is 3. The molecule has 9 heteroatoms. The molecule has 4 aliphatic rings. The van der Waals surface area contributed by atoms with Gasteiger partial charge < -0.3 is 19.8 Å². The summed E-state index contributed by atoms with van der Waals surface area (Å²) in [4.78, 5) is 48.6. The van der Waals surface area contributed by atoms with E-state index in [1.807, 2.05) is 80.6 Å². The molecule has 0 aliphatic carbocycles. The van der Waals surface area contributed by atoms with Crippen molar-refractivity contribution in [3.05, 3.63) is 83.9 Å². The number of carbonyl (C=O) groups is 3. The molecule has 0 bridgehead atoms. The summed E-state index contributed by atoms with van der Waals surface area (Å²) in [7, 11) is 0. The van der Waals surface area contributed by atoms with Crippen LogP contribution in [0.4, 0.5) is 11.4 Å². The number of anilines is 2. The fourth-order valence-electron chi connectivity index (χ4n) is 7.02. The maximum Gasteiger partial charge on any atom is 0.251 e. The molecule has 0 aromatic heterocycles. The normalized spacial score (nSPS) is 29.9. The monoisotopic (exact) mass is 591 g/mol. The van der Waals surface area contributed by atoms with Crippen LogP contribution in [0.15, 0.2) is 78.9 Å². The number of para-hydroxylation sites is 2. The molecular formula is C32H34ClN3O4S. The average Bonchev–Trinajstić information content (AvgIpc) is 3.28. The smallest absolute Gasteiger partial charge is 0.251 e. The van der Waals surface area contributed by atoms with Crippen molar-refractivity contribution in [1.82, 2.24) is 4.90 Å². The van der Waals surface area contributed by atoms with Crippen molar-refractivity contribution in [2.45, 2.75) is 42.3 Å². The zero-order valence-electron chi connectivity index (χ0n) is 23.1. The lowest BCUT2D eigenvalue weighted by atomic mass is 9.78. The van der Waals surface area contributed by atoms with Gasteiger partial charge >= 0.3 is 0 Å². The number of benzene rings is 2. The molecule has 1 spiro atoms. The number of rotatable bonds is 6. The second-order valence-corrected chi connectivity index (χ2v) is 13.5. The lowest BCUT2D eigenvalue weighted by Gasteiger charge is -2.39. The summed E-state index contributed by atoms with van der Waals surface area (Å²) in [6, 6.07) is 15.2. The van der Waals surface area contributed by atoms with E-state index in [0.29, 0.717) is 30.2 Å². The number of carbonyl (C=O) groups excluding carboxylic acids is 3. The van der Waals surface area contributed by atoms with Crippen molar-refractivity contribution < 1.29 is 19.5 Å². The Hall–Kier alpha value is -3.07. The molecule has 3 amide bonds. The zero-order valence-corrected chi connectivity index (χ0v) is 24.7. The van der Waals surface area contributed by atoms with Gasteiger partial charge in [0.05, 0.1) is 39.9 Å². The highest BCUT2D eigenvalue weighted by molar-refractivity contribution is 8.02. The Morgan fingerprint density at radius 2 is 1.66 bits per heavy atom. The van der Waals surface area contributed by atoms with Crippen LogP contribution in [0.5, 0.6) is 0 Å². The van der Waals surface area contributed by atoms with Gasteiger partial charge in [0.2, 0.25) is 11.8 Å². The van der Waals surface area contributed by atoms with Crippen LogP contribution in [-0.2, 0) is 14.4 Å². The van der Waals surface area contributed by atoms with Crippen molar-refractivity contribution >= 4 is 52.5 Å². The first-order valence-electron chi connectivity index (χ1n) is 14.2. The quantitative estimate of drug-likeness (QED) is 0.499. The lowest BCUT2D eigenvalue weighted by Crippen LogP contribution is -2.57. The summed E-state index contributed by atoms with van der Waals surface area (Å²) in [5.74, 6) is -1.83. The van der Waals surface area contributed by atoms with E-state index in [4.69, 9.17) is 11.6 Å². The van der Waals surface area contributed by atoms with E-state index in [1.165, 1.54) is 11.8 Å². The standard InChI is InChI=1S/C32H34ClN3O4S/c1-20(2)18-22(19-37)36-28-31(40)35(24-13-7-6-12-23(24)33)17-9-15-32(28)27(30(36)39)26-25(41-32)14-8-16-34(29(26)38)21-10-4-3-5-11-21/h3-15,20,22,25-28,37H,16-19H2,1-2H3/t22-,25+,26-,27+,28?,32+/m1/s1. The SMILES string of the molecule is CC(C)C[C@H](CO)N1C(=O)[C@@H]2[C@@H]3C(=O)N(c4ccccc4)CC=C[C@@H]3S[C@@]23C=CCN(c2ccccc2Cl)C(=O)C13. The molecule has 2 aromatic rings. The fraction of sp³-hybridized carbons (Fsp3) is 0.406. The second kappa shape index (κ2) is 11.0. The van der Waals surface area contributed by atoms with Gasteiger partial charge in [-0.15, -0.1) is 11.8 Å². The minimum absolute atomic E-state index is 0.119. The topological polar surface area (TPSA) is 81.2 Å². The van der Waals surface area contributed by atoms with Crippen LogP contribution in [0.1, 0.15) is 20.3 Å². The highest BCUT2D eigenvalue weighted by Crippen LogP contribution is 2.61. The minimum Gasteiger partial charge on any atom is -0.394 e. The third kappa shape index (κ3) is 4.51. The zero-order chi connectivity index (χ0) is 28.9. The molecule has 4 aliphatic heterocycles. The summed E-state index contributed by atoms with van der Waals surface area (Å²) in [6.45, 7) is 4.51. The van der Waals surface area contributed by atoms with E-state index in [9.17, 15) is 19.5 Å². The number of fused-ring (bicyclic) bond motifs is 2. The Morgan fingerprint density at radius 1 is 0.951 bits per heavy atom. The van der Waals surface area contributed by atoms with Crippen LogP contribution < -0.4 is 9.80 Å². The van der Waals surface area contributed by atoms with Gasteiger partial charge in [-0.05, 0) is 36.6 Å². The predicted octanol–water partition coefficient (Wildman–Crippen LogP) is 4.55. The molecule has 4 heterocycles. The molecule has 6 rings (SSSR count). The molecule has 2 aromatic carbocycles. The van der Waals surface area contributed by atoms with Gasteiger partial charge in [0, 0.05) is 24.0 Å². The highest BCUT2D eigenvalue weighted by Gasteiger charge is 2.71. The number of hydrogen-bond acceptors (Lipinski definition) is 5. The number of amides is 3. The van der Waals surface area contributed by atoms with Crippen LogP contribution in [0.2, 0.25) is 5.02 Å². The van der Waals surface area contributed by atoms with E-state index in [-0.39, 0.29) is 35.5 Å². The number of aliphatic hydroxyl groups excluding tert-OH is 1. The summed E-state index contributed by atoms with van der Waals surface area (Å²) >= 11 is 8.10. The molecule has 2 saturated heterocycles. The number of thioether (sulfide) groups is 1. The molecule has 6 atom stereocenters. The van der Waals surface area contributed by atoms with Gasteiger partial charge in [-0.25, -0.2) is 0 Å². The van der Waals surface area contributed by atoms with Crippen molar-refractivity contribution in [2.24, 2.45) is 17.8 Å². The summed E-state index contributed by atoms with van der Waals surface area (Å²) in [6.07, 6.45) is 8.48. The molecule has 2 fully saturated rings. The van der Waals surface area contributed by atoms with E-state index >= 15 is 0 Å². The van der Waals surface area contributed by atoms with Crippen molar-refractivity contribution in [3.8, 4) is 0 Å². The van der Waals surface area contributed by atoms with E-state index in [1.54, 1.807) is 26.8 Å². The van der Waals surface area contributed by atoms with Crippen LogP contribution in [0, 0.1) is 17.8 Å². The Bertz CT molecular complexity index is 1410. The second-order valence-electron chi connectivity index (χ2n) is 11.6. The Balaban J connectivity index is 1.48. The maximum atomic E-state index is 14.6. The largest absolute Gasteiger partial charge is 0.394 e. The number of likely N-dealkylation sites (tertiary alicyclic amines) is 1. The van der Waals surface area contributed by atoms with Crippen LogP contribution >= 0.6 is 23.4 Å². The summed E-state index contributed by atoms with van der Waals surface area (Å²) in [5.41, 5.74) is 1.35. The highest BCUT2D eigenvalue weighted by atomic mass is 35.5. The van der Waals surface area contributed by atoms with Gasteiger partial charge in [-0.1, -0.05) is 80.1 Å².